The number of hydrogen-bond donors (Lipinski definition) is 3. The number of nitrogens with one attached hydrogen (secondary N) is 1. The number of amides is 2. The van der Waals surface area contributed by atoms with Crippen LogP contribution in [0.25, 0.3) is 0 Å². The number of benzene rings is 1. The molecular formula is C33H44FN5O6. The molecule has 1 aromatic heterocycles. The number of hydrogen-bond acceptors (Lipinski definition) is 6. The average Bonchev–Trinajstić information content (AvgIpc) is 3.43. The van der Waals surface area contributed by atoms with Gasteiger partial charge >= 0.3 is 11.9 Å². The Bertz CT molecular complexity index is 1410. The van der Waals surface area contributed by atoms with E-state index in [2.05, 4.69) is 21.7 Å². The topological polar surface area (TPSA) is 145 Å². The second-order valence-electron chi connectivity index (χ2n) is 12.4. The maximum Gasteiger partial charge on any atom is 0.328 e. The number of piperidine rings is 1. The quantitative estimate of drug-likeness (QED) is 0.355. The van der Waals surface area contributed by atoms with Crippen LogP contribution in [0.15, 0.2) is 36.4 Å². The minimum atomic E-state index is -1.26. The van der Waals surface area contributed by atoms with Gasteiger partial charge in [-0.3, -0.25) is 14.5 Å². The Labute approximate surface area is 263 Å². The molecule has 3 aliphatic rings. The Morgan fingerprint density at radius 3 is 2.27 bits per heavy atom. The molecule has 0 unspecified atom stereocenters. The number of aromatic nitrogens is 2. The second-order valence-corrected chi connectivity index (χ2v) is 12.4. The third kappa shape index (κ3) is 8.56. The Hall–Kier alpha value is -4.06. The molecule has 11 nitrogen and oxygen atoms in total. The van der Waals surface area contributed by atoms with Crippen molar-refractivity contribution in [3.05, 3.63) is 65.0 Å². The van der Waals surface area contributed by atoms with E-state index in [1.54, 1.807) is 6.07 Å². The Balaban J connectivity index is 0.000000510. The fraction of sp³-hybridized carbons (Fsp3) is 0.545. The number of rotatable bonds is 9. The second kappa shape index (κ2) is 14.8. The van der Waals surface area contributed by atoms with E-state index in [4.69, 9.17) is 15.2 Å². The molecule has 12 heteroatoms. The Morgan fingerprint density at radius 2 is 1.71 bits per heavy atom. The minimum absolute atomic E-state index is 0.0100. The van der Waals surface area contributed by atoms with E-state index in [1.165, 1.54) is 37.6 Å². The van der Waals surface area contributed by atoms with Crippen molar-refractivity contribution in [1.29, 1.82) is 0 Å². The highest BCUT2D eigenvalue weighted by molar-refractivity contribution is 5.89. The smallest absolute Gasteiger partial charge is 0.328 e. The summed E-state index contributed by atoms with van der Waals surface area (Å²) in [4.78, 5) is 53.0. The molecule has 3 N–H and O–H groups in total. The van der Waals surface area contributed by atoms with Gasteiger partial charge in [-0.15, -0.1) is 0 Å². The molecule has 3 aliphatic heterocycles. The first-order valence-electron chi connectivity index (χ1n) is 15.6. The zero-order chi connectivity index (χ0) is 32.8. The number of halogens is 1. The lowest BCUT2D eigenvalue weighted by atomic mass is 9.94. The summed E-state index contributed by atoms with van der Waals surface area (Å²) in [5.74, 6) is -1.59. The van der Waals surface area contributed by atoms with E-state index in [0.29, 0.717) is 36.8 Å². The van der Waals surface area contributed by atoms with Gasteiger partial charge in [0.15, 0.2) is 0 Å². The summed E-state index contributed by atoms with van der Waals surface area (Å²) in [7, 11) is 0. The van der Waals surface area contributed by atoms with E-state index >= 15 is 0 Å². The summed E-state index contributed by atoms with van der Waals surface area (Å²) >= 11 is 0. The van der Waals surface area contributed by atoms with Crippen LogP contribution in [0.3, 0.4) is 0 Å². The van der Waals surface area contributed by atoms with Gasteiger partial charge in [0.25, 0.3) is 0 Å². The fourth-order valence-corrected chi connectivity index (χ4v) is 7.11. The van der Waals surface area contributed by atoms with Crippen LogP contribution in [0.2, 0.25) is 0 Å². The maximum absolute atomic E-state index is 13.9. The summed E-state index contributed by atoms with van der Waals surface area (Å²) < 4.78 is 16.4. The number of nitrogens with zero attached hydrogens (tertiary/aromatic N) is 4. The van der Waals surface area contributed by atoms with Gasteiger partial charge in [0, 0.05) is 68.3 Å². The zero-order valence-electron chi connectivity index (χ0n) is 26.4. The summed E-state index contributed by atoms with van der Waals surface area (Å²) in [6, 6.07) is 7.84. The molecule has 2 aromatic rings. The van der Waals surface area contributed by atoms with E-state index in [-0.39, 0.29) is 29.6 Å². The van der Waals surface area contributed by atoms with Crippen molar-refractivity contribution >= 4 is 23.8 Å². The van der Waals surface area contributed by atoms with Crippen LogP contribution in [0.1, 0.15) is 87.7 Å². The predicted molar refractivity (Wildman–Crippen MR) is 165 cm³/mol. The fourth-order valence-electron chi connectivity index (χ4n) is 7.11. The lowest BCUT2D eigenvalue weighted by molar-refractivity contribution is -0.135. The molecule has 4 heterocycles. The van der Waals surface area contributed by atoms with Crippen molar-refractivity contribution in [1.82, 2.24) is 24.7 Å². The number of aryl methyl sites for hydroxylation is 1. The molecule has 244 valence electrons. The van der Waals surface area contributed by atoms with Crippen LogP contribution >= 0.6 is 0 Å². The molecule has 2 bridgehead atoms. The van der Waals surface area contributed by atoms with Gasteiger partial charge in [-0.1, -0.05) is 26.0 Å². The molecule has 45 heavy (non-hydrogen) atoms. The molecule has 0 saturated carbocycles. The summed E-state index contributed by atoms with van der Waals surface area (Å²) in [6.07, 6.45) is 7.33. The van der Waals surface area contributed by atoms with E-state index in [0.717, 1.165) is 55.9 Å². The summed E-state index contributed by atoms with van der Waals surface area (Å²) in [5.41, 5.74) is 3.21. The van der Waals surface area contributed by atoms with Crippen molar-refractivity contribution in [2.24, 2.45) is 5.92 Å². The molecule has 2 fully saturated rings. The first-order chi connectivity index (χ1) is 21.3. The van der Waals surface area contributed by atoms with Crippen molar-refractivity contribution in [2.75, 3.05) is 13.1 Å². The van der Waals surface area contributed by atoms with Crippen molar-refractivity contribution in [3.8, 4) is 0 Å². The number of fused-ring (bicyclic) bond motifs is 3. The number of aliphatic carboxylic acids is 2. The minimum Gasteiger partial charge on any atom is -0.478 e. The molecular weight excluding hydrogens is 581 g/mol. The van der Waals surface area contributed by atoms with E-state index < -0.39 is 11.9 Å². The number of imidazole rings is 1. The molecule has 2 saturated heterocycles. The normalized spacial score (nSPS) is 21.6. The maximum atomic E-state index is 13.9. The highest BCUT2D eigenvalue weighted by Crippen LogP contribution is 2.43. The SMILES string of the molecule is CC(=O)N[C@@H](CCN1[C@@H]2CC[C@H]1C[C@@H](n1c(C)nc3c1CCN(C(=O)C(C)C)C3)C2)c1cccc(F)c1.O=C(O)/C=C/C(=O)O. The summed E-state index contributed by atoms with van der Waals surface area (Å²) in [5, 5.41) is 18.7. The Morgan fingerprint density at radius 1 is 1.07 bits per heavy atom. The molecule has 0 spiro atoms. The lowest BCUT2D eigenvalue weighted by Gasteiger charge is -2.41. The highest BCUT2D eigenvalue weighted by atomic mass is 19.1. The largest absolute Gasteiger partial charge is 0.478 e. The van der Waals surface area contributed by atoms with Crippen LogP contribution in [0.4, 0.5) is 4.39 Å². The summed E-state index contributed by atoms with van der Waals surface area (Å²) in [6.45, 7) is 9.83. The van der Waals surface area contributed by atoms with E-state index in [1.807, 2.05) is 24.8 Å². The van der Waals surface area contributed by atoms with Crippen LogP contribution in [0, 0.1) is 18.7 Å². The van der Waals surface area contributed by atoms with Crippen molar-refractivity contribution in [2.45, 2.75) is 96.9 Å². The van der Waals surface area contributed by atoms with Crippen molar-refractivity contribution < 1.29 is 33.8 Å². The third-order valence-electron chi connectivity index (χ3n) is 8.93. The third-order valence-corrected chi connectivity index (χ3v) is 8.93. The number of carboxylic acid groups (broad SMARTS) is 2. The number of carbonyl (C=O) groups excluding carboxylic acids is 2. The van der Waals surface area contributed by atoms with Crippen LogP contribution in [0.5, 0.6) is 0 Å². The molecule has 1 aromatic carbocycles. The van der Waals surface area contributed by atoms with Gasteiger partial charge in [-0.25, -0.2) is 19.0 Å². The van der Waals surface area contributed by atoms with Crippen LogP contribution in [-0.4, -0.2) is 78.5 Å². The number of carboxylic acids is 2. The molecule has 0 radical (unpaired) electrons. The first kappa shape index (κ1) is 33.8. The van der Waals surface area contributed by atoms with Gasteiger partial charge in [0.1, 0.15) is 11.6 Å². The van der Waals surface area contributed by atoms with Gasteiger partial charge in [-0.2, -0.15) is 0 Å². The highest BCUT2D eigenvalue weighted by Gasteiger charge is 2.42. The molecule has 2 amide bonds. The molecule has 4 atom stereocenters. The first-order valence-corrected chi connectivity index (χ1v) is 15.6. The van der Waals surface area contributed by atoms with Gasteiger partial charge in [0.05, 0.1) is 18.3 Å². The van der Waals surface area contributed by atoms with Gasteiger partial charge in [-0.05, 0) is 56.7 Å². The monoisotopic (exact) mass is 625 g/mol. The standard InChI is InChI=1S/C29H40FN5O2.C4H4O4/c1-18(2)29(37)33-12-11-28-27(17-33)31-19(3)35(28)25-15-23-8-9-24(16-25)34(23)13-10-26(32-20(4)36)21-6-5-7-22(30)14-21;5-3(6)1-2-4(7)8/h5-7,14,18,23-26H,8-13,15-17H2,1-4H3,(H,32,36);1-2H,(H,5,6)(H,7,8)/b;2-1+/t23-,24+,25+,26-;/m0./s1. The number of carbonyl (C=O) groups is 4. The van der Waals surface area contributed by atoms with Gasteiger partial charge in [0.2, 0.25) is 11.8 Å². The Kier molecular flexibility index (Phi) is 11.1. The average molecular weight is 626 g/mol. The van der Waals surface area contributed by atoms with Gasteiger partial charge < -0.3 is 25.0 Å². The van der Waals surface area contributed by atoms with E-state index in [9.17, 15) is 23.6 Å². The lowest BCUT2D eigenvalue weighted by Crippen LogP contribution is -2.45. The van der Waals surface area contributed by atoms with Crippen LogP contribution in [-0.2, 0) is 32.1 Å². The van der Waals surface area contributed by atoms with Crippen molar-refractivity contribution in [3.63, 3.8) is 0 Å². The molecule has 5 rings (SSSR count). The zero-order valence-corrected chi connectivity index (χ0v) is 26.4. The van der Waals surface area contributed by atoms with Crippen LogP contribution < -0.4 is 5.32 Å². The molecule has 0 aliphatic carbocycles. The predicted octanol–water partition coefficient (Wildman–Crippen LogP) is 4.02.